The molecule has 9 rings (SSSR count). The number of carbonyl (C=O) groups excluding carboxylic acids is 2. The first-order valence-electron chi connectivity index (χ1n) is 22.8. The molecule has 346 valence electrons. The maximum atomic E-state index is 14.7. The minimum atomic E-state index is -2.67. The smallest absolute Gasteiger partial charge is 0.264 e. The van der Waals surface area contributed by atoms with Crippen LogP contribution in [0.2, 0.25) is 5.02 Å². The number of piperidine rings is 1. The normalized spacial score (nSPS) is 20.3. The van der Waals surface area contributed by atoms with Gasteiger partial charge in [0.15, 0.2) is 5.82 Å². The first-order valence-corrected chi connectivity index (χ1v) is 23.2. The summed E-state index contributed by atoms with van der Waals surface area (Å²) in [6, 6.07) is 10.6. The SMILES string of the molecule is CC(=O)N1CCc2c(c(N3CCCc4cc(-c5cnn(C)c5)c(C(F)F)cc43)nn2C2CCN(CCc3ncc(C(=O)NC4C(C)(C)C(Oc5ccc(C#N)c(Cl)c5)C4(C)C)cn3)CC2)C1. The van der Waals surface area contributed by atoms with Gasteiger partial charge in [-0.05, 0) is 61.1 Å². The van der Waals surface area contributed by atoms with Crippen molar-refractivity contribution < 1.29 is 23.1 Å². The van der Waals surface area contributed by atoms with E-state index >= 15 is 0 Å². The first-order chi connectivity index (χ1) is 31.5. The van der Waals surface area contributed by atoms with Crippen molar-refractivity contribution in [3.8, 4) is 22.9 Å². The standard InChI is InChI=1S/C49H56ClF2N11O3/c1-29(64)61-19-13-40-38(28-61)44(62-15-7-8-30-20-36(33-26-56-59(6)27-33)37(43(51)52)22-41(30)62)58-63(40)34-11-16-60(17-12-34)18-14-42-54-24-32(25-55-42)45(65)57-46-48(2,3)47(49(46,4)5)66-35-10-9-31(23-53)39(50)21-35/h9-10,20-22,24-27,34,43,46-47H,7-8,11-19,28H2,1-6H3,(H,57,65). The van der Waals surface area contributed by atoms with E-state index in [0.717, 1.165) is 73.6 Å². The average Bonchev–Trinajstić information content (AvgIpc) is 3.92. The van der Waals surface area contributed by atoms with Crippen LogP contribution in [0.1, 0.15) is 110 Å². The van der Waals surface area contributed by atoms with E-state index in [1.54, 1.807) is 67.7 Å². The van der Waals surface area contributed by atoms with E-state index in [0.29, 0.717) is 71.3 Å². The van der Waals surface area contributed by atoms with Gasteiger partial charge in [0.2, 0.25) is 5.91 Å². The molecule has 0 atom stereocenters. The molecule has 1 saturated heterocycles. The third kappa shape index (κ3) is 8.40. The van der Waals surface area contributed by atoms with Crippen molar-refractivity contribution in [2.45, 2.75) is 104 Å². The van der Waals surface area contributed by atoms with Crippen LogP contribution >= 0.6 is 11.6 Å². The van der Waals surface area contributed by atoms with Crippen LogP contribution in [0.25, 0.3) is 11.1 Å². The second kappa shape index (κ2) is 17.7. The van der Waals surface area contributed by atoms with E-state index in [1.807, 2.05) is 11.0 Å². The topological polar surface area (TPSA) is 150 Å². The van der Waals surface area contributed by atoms with Gasteiger partial charge < -0.3 is 24.8 Å². The van der Waals surface area contributed by atoms with Crippen molar-refractivity contribution in [2.75, 3.05) is 37.6 Å². The molecule has 0 bridgehead atoms. The van der Waals surface area contributed by atoms with Crippen LogP contribution in [0, 0.1) is 22.2 Å². The summed E-state index contributed by atoms with van der Waals surface area (Å²) in [6.07, 6.45) is 8.37. The number of carbonyl (C=O) groups is 2. The molecule has 6 heterocycles. The number of nitriles is 1. The van der Waals surface area contributed by atoms with Gasteiger partial charge in [-0.2, -0.15) is 15.5 Å². The number of fused-ring (bicyclic) bond motifs is 2. The van der Waals surface area contributed by atoms with Gasteiger partial charge in [-0.1, -0.05) is 39.3 Å². The molecular weight excluding hydrogens is 864 g/mol. The number of hydrogen-bond donors (Lipinski definition) is 1. The number of aromatic nitrogens is 6. The molecule has 1 aliphatic carbocycles. The summed E-state index contributed by atoms with van der Waals surface area (Å²) in [6.45, 7) is 14.0. The van der Waals surface area contributed by atoms with Gasteiger partial charge in [0.25, 0.3) is 12.3 Å². The van der Waals surface area contributed by atoms with E-state index < -0.39 is 17.3 Å². The number of rotatable bonds is 11. The number of likely N-dealkylation sites (tertiary alicyclic amines) is 1. The van der Waals surface area contributed by atoms with Crippen LogP contribution in [0.3, 0.4) is 0 Å². The monoisotopic (exact) mass is 919 g/mol. The second-order valence-electron chi connectivity index (χ2n) is 19.4. The van der Waals surface area contributed by atoms with Gasteiger partial charge in [-0.3, -0.25) is 19.0 Å². The maximum Gasteiger partial charge on any atom is 0.264 e. The van der Waals surface area contributed by atoms with Crippen LogP contribution in [-0.4, -0.2) is 96.0 Å². The van der Waals surface area contributed by atoms with E-state index in [9.17, 15) is 23.6 Å². The van der Waals surface area contributed by atoms with Gasteiger partial charge in [-0.15, -0.1) is 0 Å². The van der Waals surface area contributed by atoms with E-state index in [2.05, 4.69) is 68.6 Å². The van der Waals surface area contributed by atoms with Crippen molar-refractivity contribution >= 4 is 34.9 Å². The van der Waals surface area contributed by atoms with Crippen LogP contribution in [0.15, 0.2) is 55.1 Å². The van der Waals surface area contributed by atoms with Crippen molar-refractivity contribution in [1.82, 2.24) is 44.6 Å². The van der Waals surface area contributed by atoms with Gasteiger partial charge in [0.05, 0.1) is 34.9 Å². The van der Waals surface area contributed by atoms with Gasteiger partial charge >= 0.3 is 0 Å². The molecule has 3 aromatic heterocycles. The zero-order valence-electron chi connectivity index (χ0n) is 38.3. The molecule has 1 N–H and O–H groups in total. The Balaban J connectivity index is 0.838. The van der Waals surface area contributed by atoms with Crippen molar-refractivity contribution in [3.05, 3.63) is 99.5 Å². The molecule has 3 aliphatic heterocycles. The molecule has 66 heavy (non-hydrogen) atoms. The van der Waals surface area contributed by atoms with Crippen LogP contribution < -0.4 is 15.0 Å². The number of nitrogens with one attached hydrogen (secondary N) is 1. The lowest BCUT2D eigenvalue weighted by Crippen LogP contribution is -2.74. The third-order valence-corrected chi connectivity index (χ3v) is 14.7. The lowest BCUT2D eigenvalue weighted by Gasteiger charge is -2.63. The Morgan fingerprint density at radius 3 is 2.41 bits per heavy atom. The highest BCUT2D eigenvalue weighted by molar-refractivity contribution is 6.31. The zero-order chi connectivity index (χ0) is 46.7. The Hall–Kier alpha value is -5.92. The number of aryl methyl sites for hydroxylation is 2. The van der Waals surface area contributed by atoms with Crippen LogP contribution in [0.4, 0.5) is 20.3 Å². The quantitative estimate of drug-likeness (QED) is 0.138. The summed E-state index contributed by atoms with van der Waals surface area (Å²) in [7, 11) is 1.78. The molecule has 17 heteroatoms. The highest BCUT2D eigenvalue weighted by Crippen LogP contribution is 2.56. The summed E-state index contributed by atoms with van der Waals surface area (Å²) in [5.74, 6) is 1.75. The maximum absolute atomic E-state index is 14.7. The molecule has 2 aromatic carbocycles. The van der Waals surface area contributed by atoms with Crippen LogP contribution in [-0.2, 0) is 37.6 Å². The summed E-state index contributed by atoms with van der Waals surface area (Å²) in [4.78, 5) is 41.7. The average molecular weight is 921 g/mol. The zero-order valence-corrected chi connectivity index (χ0v) is 39.1. The van der Waals surface area contributed by atoms with Crippen molar-refractivity contribution in [2.24, 2.45) is 17.9 Å². The number of anilines is 2. The fourth-order valence-corrected chi connectivity index (χ4v) is 11.3. The lowest BCUT2D eigenvalue weighted by molar-refractivity contribution is -0.164. The van der Waals surface area contributed by atoms with Crippen LogP contribution in [0.5, 0.6) is 5.75 Å². The Labute approximate surface area is 388 Å². The largest absolute Gasteiger partial charge is 0.489 e. The molecule has 2 amide bonds. The van der Waals surface area contributed by atoms with Gasteiger partial charge in [-0.25, -0.2) is 18.7 Å². The number of amides is 2. The molecule has 0 spiro atoms. The Morgan fingerprint density at radius 2 is 1.76 bits per heavy atom. The minimum Gasteiger partial charge on any atom is -0.489 e. The van der Waals surface area contributed by atoms with Crippen molar-refractivity contribution in [1.29, 1.82) is 5.26 Å². The molecule has 14 nitrogen and oxygen atoms in total. The number of nitrogens with zero attached hydrogens (tertiary/aromatic N) is 10. The van der Waals surface area contributed by atoms with Gasteiger partial charge in [0.1, 0.15) is 23.7 Å². The van der Waals surface area contributed by atoms with Crippen molar-refractivity contribution in [3.63, 3.8) is 0 Å². The highest BCUT2D eigenvalue weighted by Gasteiger charge is 2.64. The molecule has 0 unspecified atom stereocenters. The minimum absolute atomic E-state index is 0.00446. The highest BCUT2D eigenvalue weighted by atomic mass is 35.5. The summed E-state index contributed by atoms with van der Waals surface area (Å²) in [5, 5.41) is 22.3. The molecule has 2 fully saturated rings. The summed E-state index contributed by atoms with van der Waals surface area (Å²) >= 11 is 6.26. The number of benzene rings is 2. The molecule has 4 aliphatic rings. The number of alkyl halides is 2. The second-order valence-corrected chi connectivity index (χ2v) is 19.8. The Morgan fingerprint density at radius 1 is 1.02 bits per heavy atom. The van der Waals surface area contributed by atoms with Gasteiger partial charge in [0, 0.05) is 129 Å². The first kappa shape index (κ1) is 45.2. The third-order valence-electron chi connectivity index (χ3n) is 14.3. The predicted molar refractivity (Wildman–Crippen MR) is 246 cm³/mol. The number of ether oxygens (including phenoxy) is 1. The Bertz CT molecular complexity index is 2680. The fraction of sp³-hybridized carbons (Fsp3) is 0.490. The summed E-state index contributed by atoms with van der Waals surface area (Å²) in [5.41, 5.74) is 4.97. The summed E-state index contributed by atoms with van der Waals surface area (Å²) < 4.78 is 39.7. The number of hydrogen-bond acceptors (Lipinski definition) is 10. The van der Waals surface area contributed by atoms with E-state index in [-0.39, 0.29) is 35.6 Å². The van der Waals surface area contributed by atoms with E-state index in [4.69, 9.17) is 21.4 Å². The number of halogens is 3. The fourth-order valence-electron chi connectivity index (χ4n) is 11.1. The van der Waals surface area contributed by atoms with E-state index in [1.165, 1.54) is 0 Å². The Kier molecular flexibility index (Phi) is 12.1. The molecule has 0 radical (unpaired) electrons. The lowest BCUT2D eigenvalue weighted by atomic mass is 9.49. The molecular formula is C49H56ClF2N11O3. The predicted octanol–water partition coefficient (Wildman–Crippen LogP) is 8.02. The molecule has 5 aromatic rings. The molecule has 1 saturated carbocycles.